The van der Waals surface area contributed by atoms with Crippen LogP contribution in [-0.2, 0) is 6.18 Å². The molecule has 22 heavy (non-hydrogen) atoms. The SMILES string of the molecule is CN(N)c1cnn(-c2cccc(C(F)(F)F)c2)c(=O)c1Cl.Cl. The monoisotopic (exact) mass is 354 g/mol. The quantitative estimate of drug-likeness (QED) is 0.665. The number of aromatic nitrogens is 2. The molecule has 0 saturated carbocycles. The van der Waals surface area contributed by atoms with Crippen molar-refractivity contribution < 1.29 is 13.2 Å². The summed E-state index contributed by atoms with van der Waals surface area (Å²) in [5, 5.41) is 4.65. The minimum atomic E-state index is -4.51. The molecular weight excluding hydrogens is 344 g/mol. The highest BCUT2D eigenvalue weighted by Gasteiger charge is 2.30. The van der Waals surface area contributed by atoms with Crippen molar-refractivity contribution in [2.45, 2.75) is 6.18 Å². The van der Waals surface area contributed by atoms with Crippen LogP contribution in [0.15, 0.2) is 35.3 Å². The van der Waals surface area contributed by atoms with E-state index in [1.54, 1.807) is 0 Å². The summed E-state index contributed by atoms with van der Waals surface area (Å²) in [6, 6.07) is 4.23. The summed E-state index contributed by atoms with van der Waals surface area (Å²) < 4.78 is 38.8. The topological polar surface area (TPSA) is 64.2 Å². The second-order valence-corrected chi connectivity index (χ2v) is 4.60. The van der Waals surface area contributed by atoms with E-state index >= 15 is 0 Å². The van der Waals surface area contributed by atoms with E-state index in [9.17, 15) is 18.0 Å². The van der Waals surface area contributed by atoms with Crippen molar-refractivity contribution >= 4 is 29.7 Å². The number of halogens is 5. The summed E-state index contributed by atoms with van der Waals surface area (Å²) in [6.45, 7) is 0. The van der Waals surface area contributed by atoms with Crippen molar-refractivity contribution in [2.75, 3.05) is 12.1 Å². The van der Waals surface area contributed by atoms with E-state index in [0.29, 0.717) is 0 Å². The Labute approximate surface area is 134 Å². The Kier molecular flexibility index (Phi) is 5.44. The van der Waals surface area contributed by atoms with Crippen LogP contribution in [0.25, 0.3) is 5.69 Å². The van der Waals surface area contributed by atoms with Gasteiger partial charge in [0.15, 0.2) is 0 Å². The third-order valence-electron chi connectivity index (χ3n) is 2.70. The Morgan fingerprint density at radius 3 is 2.55 bits per heavy atom. The fourth-order valence-electron chi connectivity index (χ4n) is 1.67. The van der Waals surface area contributed by atoms with E-state index < -0.39 is 17.3 Å². The molecule has 0 amide bonds. The normalized spacial score (nSPS) is 11.0. The first-order valence-electron chi connectivity index (χ1n) is 5.65. The van der Waals surface area contributed by atoms with Crippen molar-refractivity contribution in [2.24, 2.45) is 5.84 Å². The van der Waals surface area contributed by atoms with Gasteiger partial charge >= 0.3 is 6.18 Å². The third kappa shape index (κ3) is 3.52. The van der Waals surface area contributed by atoms with Gasteiger partial charge in [0.1, 0.15) is 5.02 Å². The molecule has 0 aliphatic heterocycles. The van der Waals surface area contributed by atoms with Crippen molar-refractivity contribution in [3.8, 4) is 5.69 Å². The number of benzene rings is 1. The van der Waals surface area contributed by atoms with Gasteiger partial charge in [-0.15, -0.1) is 12.4 Å². The van der Waals surface area contributed by atoms with E-state index in [4.69, 9.17) is 17.4 Å². The highest BCUT2D eigenvalue weighted by molar-refractivity contribution is 6.33. The average molecular weight is 355 g/mol. The molecule has 0 spiro atoms. The maximum Gasteiger partial charge on any atom is 0.416 e. The number of nitrogens with two attached hydrogens (primary N) is 1. The number of nitrogens with zero attached hydrogens (tertiary/aromatic N) is 3. The fourth-order valence-corrected chi connectivity index (χ4v) is 1.93. The van der Waals surface area contributed by atoms with Crippen LogP contribution in [-0.4, -0.2) is 16.8 Å². The van der Waals surface area contributed by atoms with Crippen LogP contribution >= 0.6 is 24.0 Å². The van der Waals surface area contributed by atoms with E-state index in [2.05, 4.69) is 5.10 Å². The van der Waals surface area contributed by atoms with Crippen LogP contribution in [0, 0.1) is 0 Å². The predicted octanol–water partition coefficient (Wildman–Crippen LogP) is 2.64. The van der Waals surface area contributed by atoms with Crippen LogP contribution in [0.1, 0.15) is 5.56 Å². The molecule has 0 aliphatic carbocycles. The van der Waals surface area contributed by atoms with Crippen molar-refractivity contribution in [1.29, 1.82) is 0 Å². The summed E-state index contributed by atoms with van der Waals surface area (Å²) in [6.07, 6.45) is -3.31. The molecule has 5 nitrogen and oxygen atoms in total. The summed E-state index contributed by atoms with van der Waals surface area (Å²) in [5.74, 6) is 5.47. The standard InChI is InChI=1S/C12H10ClF3N4O.ClH/c1-19(17)9-6-18-20(11(21)10(9)13)8-4-2-3-7(5-8)12(14,15)16;/h2-6H,17H2,1H3;1H. The maximum absolute atomic E-state index is 12.7. The lowest BCUT2D eigenvalue weighted by Crippen LogP contribution is -2.30. The summed E-state index contributed by atoms with van der Waals surface area (Å²) in [5.41, 5.74) is -1.51. The minimum absolute atomic E-state index is 0. The molecule has 120 valence electrons. The molecule has 10 heteroatoms. The predicted molar refractivity (Wildman–Crippen MR) is 79.7 cm³/mol. The van der Waals surface area contributed by atoms with Crippen LogP contribution < -0.4 is 16.4 Å². The highest BCUT2D eigenvalue weighted by atomic mass is 35.5. The summed E-state index contributed by atoms with van der Waals surface area (Å²) >= 11 is 5.86. The minimum Gasteiger partial charge on any atom is -0.311 e. The van der Waals surface area contributed by atoms with Gasteiger partial charge in [-0.2, -0.15) is 23.0 Å². The van der Waals surface area contributed by atoms with E-state index in [1.807, 2.05) is 0 Å². The lowest BCUT2D eigenvalue weighted by Gasteiger charge is -2.14. The molecule has 2 aromatic rings. The molecule has 0 bridgehead atoms. The second kappa shape index (κ2) is 6.55. The number of rotatable bonds is 2. The first-order chi connectivity index (χ1) is 9.71. The molecule has 1 heterocycles. The highest BCUT2D eigenvalue weighted by Crippen LogP contribution is 2.30. The molecule has 2 rings (SSSR count). The molecular formula is C12H11Cl2F3N4O. The maximum atomic E-state index is 12.7. The van der Waals surface area contributed by atoms with Crippen LogP contribution in [0.4, 0.5) is 18.9 Å². The molecule has 0 unspecified atom stereocenters. The van der Waals surface area contributed by atoms with Gasteiger partial charge in [-0.3, -0.25) is 4.79 Å². The lowest BCUT2D eigenvalue weighted by atomic mass is 10.2. The zero-order valence-electron chi connectivity index (χ0n) is 11.1. The summed E-state index contributed by atoms with van der Waals surface area (Å²) in [7, 11) is 1.46. The number of anilines is 1. The third-order valence-corrected chi connectivity index (χ3v) is 3.05. The molecule has 0 saturated heterocycles. The number of hydrogen-bond acceptors (Lipinski definition) is 4. The average Bonchev–Trinajstić information content (AvgIpc) is 2.40. The Morgan fingerprint density at radius 1 is 1.36 bits per heavy atom. The molecule has 0 aliphatic rings. The second-order valence-electron chi connectivity index (χ2n) is 4.22. The van der Waals surface area contributed by atoms with Gasteiger partial charge in [-0.1, -0.05) is 17.7 Å². The zero-order valence-corrected chi connectivity index (χ0v) is 12.7. The van der Waals surface area contributed by atoms with Gasteiger partial charge in [-0.25, -0.2) is 5.84 Å². The number of alkyl halides is 3. The van der Waals surface area contributed by atoms with Crippen molar-refractivity contribution in [1.82, 2.24) is 9.78 Å². The fraction of sp³-hybridized carbons (Fsp3) is 0.167. The van der Waals surface area contributed by atoms with Crippen LogP contribution in [0.2, 0.25) is 5.02 Å². The largest absolute Gasteiger partial charge is 0.416 e. The van der Waals surface area contributed by atoms with Crippen molar-refractivity contribution in [3.05, 3.63) is 51.4 Å². The molecule has 1 aromatic carbocycles. The van der Waals surface area contributed by atoms with Crippen LogP contribution in [0.5, 0.6) is 0 Å². The smallest absolute Gasteiger partial charge is 0.311 e. The first-order valence-corrected chi connectivity index (χ1v) is 6.03. The van der Waals surface area contributed by atoms with Gasteiger partial charge in [0.05, 0.1) is 23.1 Å². The molecule has 0 fully saturated rings. The van der Waals surface area contributed by atoms with Crippen molar-refractivity contribution in [3.63, 3.8) is 0 Å². The van der Waals surface area contributed by atoms with Gasteiger partial charge in [0.25, 0.3) is 5.56 Å². The Bertz CT molecular complexity index is 731. The Hall–Kier alpha value is -1.77. The Morgan fingerprint density at radius 2 is 2.00 bits per heavy atom. The van der Waals surface area contributed by atoms with Gasteiger partial charge in [0, 0.05) is 7.05 Å². The first kappa shape index (κ1) is 18.3. The van der Waals surface area contributed by atoms with E-state index in [-0.39, 0.29) is 28.8 Å². The molecule has 0 radical (unpaired) electrons. The number of hydrogen-bond donors (Lipinski definition) is 1. The van der Waals surface area contributed by atoms with Gasteiger partial charge in [0.2, 0.25) is 0 Å². The van der Waals surface area contributed by atoms with E-state index in [0.717, 1.165) is 21.8 Å². The van der Waals surface area contributed by atoms with Crippen LogP contribution in [0.3, 0.4) is 0 Å². The Balaban J connectivity index is 0.00000242. The lowest BCUT2D eigenvalue weighted by molar-refractivity contribution is -0.137. The van der Waals surface area contributed by atoms with Gasteiger partial charge in [-0.05, 0) is 18.2 Å². The number of hydrazine groups is 1. The van der Waals surface area contributed by atoms with E-state index in [1.165, 1.54) is 25.4 Å². The molecule has 1 aromatic heterocycles. The zero-order chi connectivity index (χ0) is 15.8. The summed E-state index contributed by atoms with van der Waals surface area (Å²) in [4.78, 5) is 12.1. The molecule has 2 N–H and O–H groups in total. The molecule has 0 atom stereocenters. The van der Waals surface area contributed by atoms with Gasteiger partial charge < -0.3 is 5.01 Å².